The third kappa shape index (κ3) is 4.20. The van der Waals surface area contributed by atoms with Crippen LogP contribution in [-0.2, 0) is 13.0 Å². The van der Waals surface area contributed by atoms with Crippen molar-refractivity contribution in [3.63, 3.8) is 0 Å². The van der Waals surface area contributed by atoms with E-state index in [1.807, 2.05) is 0 Å². The first-order valence-electron chi connectivity index (χ1n) is 7.13. The van der Waals surface area contributed by atoms with Crippen LogP contribution in [0.15, 0.2) is 18.2 Å². The Bertz CT molecular complexity index is 389. The van der Waals surface area contributed by atoms with Gasteiger partial charge in [-0.2, -0.15) is 0 Å². The Hall–Kier alpha value is -1.10. The number of ether oxygens (including phenoxy) is 1. The summed E-state index contributed by atoms with van der Waals surface area (Å²) in [6, 6.07) is 6.45. The van der Waals surface area contributed by atoms with Crippen LogP contribution in [0, 0.1) is 0 Å². The summed E-state index contributed by atoms with van der Waals surface area (Å²) < 4.78 is 5.42. The van der Waals surface area contributed by atoms with Gasteiger partial charge in [-0.05, 0) is 18.1 Å². The van der Waals surface area contributed by atoms with Crippen molar-refractivity contribution in [3.8, 4) is 5.75 Å². The van der Waals surface area contributed by atoms with E-state index in [-0.39, 0.29) is 0 Å². The van der Waals surface area contributed by atoms with E-state index in [2.05, 4.69) is 40.7 Å². The second-order valence-corrected chi connectivity index (χ2v) is 4.95. The number of benzene rings is 1. The molecule has 106 valence electrons. The number of nitrogens with zero attached hydrogens (tertiary/aromatic N) is 1. The van der Waals surface area contributed by atoms with Crippen molar-refractivity contribution in [2.45, 2.75) is 19.9 Å². The Kier molecular flexibility index (Phi) is 5.63. The summed E-state index contributed by atoms with van der Waals surface area (Å²) in [5, 5.41) is 6.88. The van der Waals surface area contributed by atoms with Crippen molar-refractivity contribution < 1.29 is 4.74 Å². The number of aryl methyl sites for hydroxylation is 1. The van der Waals surface area contributed by atoms with Crippen molar-refractivity contribution >= 4 is 0 Å². The molecule has 0 aliphatic carbocycles. The predicted molar refractivity (Wildman–Crippen MR) is 78.5 cm³/mol. The van der Waals surface area contributed by atoms with Gasteiger partial charge in [0, 0.05) is 45.0 Å². The van der Waals surface area contributed by atoms with Gasteiger partial charge in [0.05, 0.1) is 7.11 Å². The summed E-state index contributed by atoms with van der Waals surface area (Å²) in [6.07, 6.45) is 1.06. The lowest BCUT2D eigenvalue weighted by molar-refractivity contribution is 0.222. The minimum absolute atomic E-state index is 0.862. The first kappa shape index (κ1) is 14.3. The van der Waals surface area contributed by atoms with Crippen LogP contribution < -0.4 is 15.4 Å². The fourth-order valence-electron chi connectivity index (χ4n) is 2.41. The molecule has 1 heterocycles. The number of nitrogens with one attached hydrogen (secondary N) is 2. The second kappa shape index (κ2) is 7.48. The van der Waals surface area contributed by atoms with E-state index in [0.29, 0.717) is 0 Å². The molecule has 2 N–H and O–H groups in total. The molecule has 0 saturated carbocycles. The Morgan fingerprint density at radius 1 is 1.32 bits per heavy atom. The maximum absolute atomic E-state index is 5.42. The Balaban J connectivity index is 1.86. The highest BCUT2D eigenvalue weighted by Gasteiger charge is 2.09. The fourth-order valence-corrected chi connectivity index (χ4v) is 2.41. The van der Waals surface area contributed by atoms with E-state index in [0.717, 1.165) is 51.6 Å². The molecule has 19 heavy (non-hydrogen) atoms. The number of hydrogen-bond acceptors (Lipinski definition) is 4. The fraction of sp³-hybridized carbons (Fsp3) is 0.600. The van der Waals surface area contributed by atoms with Crippen molar-refractivity contribution in [2.24, 2.45) is 0 Å². The minimum atomic E-state index is 0.862. The monoisotopic (exact) mass is 263 g/mol. The summed E-state index contributed by atoms with van der Waals surface area (Å²) in [7, 11) is 1.74. The highest BCUT2D eigenvalue weighted by Crippen LogP contribution is 2.20. The first-order valence-corrected chi connectivity index (χ1v) is 7.13. The van der Waals surface area contributed by atoms with Crippen molar-refractivity contribution in [1.82, 2.24) is 15.5 Å². The number of piperazine rings is 1. The van der Waals surface area contributed by atoms with Gasteiger partial charge in [0.15, 0.2) is 0 Å². The molecule has 1 aliphatic rings. The standard InChI is InChI=1S/C15H25N3O/c1-3-13-4-5-15(19-2)14(10-13)11-17-12-18-8-6-16-7-9-18/h4-5,10,16-17H,3,6-9,11-12H2,1-2H3. The minimum Gasteiger partial charge on any atom is -0.496 e. The summed E-state index contributed by atoms with van der Waals surface area (Å²) in [5.41, 5.74) is 2.61. The average Bonchev–Trinajstić information content (AvgIpc) is 2.48. The molecule has 0 aromatic heterocycles. The lowest BCUT2D eigenvalue weighted by Crippen LogP contribution is -2.46. The Morgan fingerprint density at radius 2 is 2.11 bits per heavy atom. The van der Waals surface area contributed by atoms with Gasteiger partial charge in [-0.15, -0.1) is 0 Å². The molecule has 1 saturated heterocycles. The lowest BCUT2D eigenvalue weighted by Gasteiger charge is -2.27. The molecule has 0 atom stereocenters. The average molecular weight is 263 g/mol. The molecule has 1 aromatic rings. The van der Waals surface area contributed by atoms with Crippen LogP contribution >= 0.6 is 0 Å². The van der Waals surface area contributed by atoms with Crippen LogP contribution in [0.4, 0.5) is 0 Å². The number of rotatable bonds is 6. The van der Waals surface area contributed by atoms with Gasteiger partial charge in [0.2, 0.25) is 0 Å². The van der Waals surface area contributed by atoms with Gasteiger partial charge < -0.3 is 15.4 Å². The predicted octanol–water partition coefficient (Wildman–Crippen LogP) is 1.21. The molecular weight excluding hydrogens is 238 g/mol. The molecule has 2 rings (SSSR count). The van der Waals surface area contributed by atoms with Crippen LogP contribution in [0.1, 0.15) is 18.1 Å². The van der Waals surface area contributed by atoms with Gasteiger partial charge in [0.25, 0.3) is 0 Å². The van der Waals surface area contributed by atoms with E-state index >= 15 is 0 Å². The second-order valence-electron chi connectivity index (χ2n) is 4.95. The van der Waals surface area contributed by atoms with E-state index in [4.69, 9.17) is 4.74 Å². The third-order valence-electron chi connectivity index (χ3n) is 3.61. The van der Waals surface area contributed by atoms with Crippen molar-refractivity contribution in [1.29, 1.82) is 0 Å². The first-order chi connectivity index (χ1) is 9.33. The summed E-state index contributed by atoms with van der Waals surface area (Å²) in [5.74, 6) is 0.977. The summed E-state index contributed by atoms with van der Waals surface area (Å²) in [6.45, 7) is 8.42. The van der Waals surface area contributed by atoms with Gasteiger partial charge in [-0.25, -0.2) is 0 Å². The van der Waals surface area contributed by atoms with Crippen LogP contribution in [-0.4, -0.2) is 44.9 Å². The quantitative estimate of drug-likeness (QED) is 0.809. The van der Waals surface area contributed by atoms with E-state index in [1.54, 1.807) is 7.11 Å². The zero-order valence-electron chi connectivity index (χ0n) is 12.0. The zero-order valence-corrected chi connectivity index (χ0v) is 12.0. The van der Waals surface area contributed by atoms with Crippen LogP contribution in [0.5, 0.6) is 5.75 Å². The van der Waals surface area contributed by atoms with Crippen molar-refractivity contribution in [2.75, 3.05) is 40.0 Å². The highest BCUT2D eigenvalue weighted by molar-refractivity contribution is 5.37. The topological polar surface area (TPSA) is 36.5 Å². The SMILES string of the molecule is CCc1ccc(OC)c(CNCN2CCNCC2)c1. The third-order valence-corrected chi connectivity index (χ3v) is 3.61. The van der Waals surface area contributed by atoms with Crippen LogP contribution in [0.2, 0.25) is 0 Å². The number of hydrogen-bond donors (Lipinski definition) is 2. The maximum Gasteiger partial charge on any atom is 0.123 e. The van der Waals surface area contributed by atoms with Crippen LogP contribution in [0.3, 0.4) is 0 Å². The molecule has 0 bridgehead atoms. The molecule has 0 amide bonds. The molecule has 0 unspecified atom stereocenters. The van der Waals surface area contributed by atoms with Gasteiger partial charge >= 0.3 is 0 Å². The van der Waals surface area contributed by atoms with Gasteiger partial charge in [-0.1, -0.05) is 19.1 Å². The normalized spacial score (nSPS) is 16.5. The summed E-state index contributed by atoms with van der Waals surface area (Å²) >= 11 is 0. The highest BCUT2D eigenvalue weighted by atomic mass is 16.5. The molecule has 1 aromatic carbocycles. The number of methoxy groups -OCH3 is 1. The molecule has 0 radical (unpaired) electrons. The molecule has 1 fully saturated rings. The van der Waals surface area contributed by atoms with Gasteiger partial charge in [0.1, 0.15) is 5.75 Å². The molecule has 4 nitrogen and oxygen atoms in total. The van der Waals surface area contributed by atoms with Crippen LogP contribution in [0.25, 0.3) is 0 Å². The van der Waals surface area contributed by atoms with E-state index < -0.39 is 0 Å². The van der Waals surface area contributed by atoms with Crippen molar-refractivity contribution in [3.05, 3.63) is 29.3 Å². The summed E-state index contributed by atoms with van der Waals surface area (Å²) in [4.78, 5) is 2.44. The molecule has 0 spiro atoms. The Labute approximate surface area is 116 Å². The molecule has 4 heteroatoms. The smallest absolute Gasteiger partial charge is 0.123 e. The molecule has 1 aliphatic heterocycles. The largest absolute Gasteiger partial charge is 0.496 e. The van der Waals surface area contributed by atoms with E-state index in [1.165, 1.54) is 11.1 Å². The maximum atomic E-state index is 5.42. The van der Waals surface area contributed by atoms with E-state index in [9.17, 15) is 0 Å². The molecular formula is C15H25N3O. The zero-order chi connectivity index (χ0) is 13.5. The Morgan fingerprint density at radius 3 is 2.79 bits per heavy atom. The van der Waals surface area contributed by atoms with Gasteiger partial charge in [-0.3, -0.25) is 4.90 Å². The lowest BCUT2D eigenvalue weighted by atomic mass is 10.1.